The number of para-hydroxylation sites is 1. The first-order chi connectivity index (χ1) is 9.75. The summed E-state index contributed by atoms with van der Waals surface area (Å²) in [4.78, 5) is 18.9. The van der Waals surface area contributed by atoms with Gasteiger partial charge in [0.25, 0.3) is 0 Å². The van der Waals surface area contributed by atoms with Gasteiger partial charge in [-0.2, -0.15) is 0 Å². The number of hydrogen-bond acceptors (Lipinski definition) is 3. The highest BCUT2D eigenvalue weighted by molar-refractivity contribution is 6.01. The van der Waals surface area contributed by atoms with Crippen molar-refractivity contribution in [2.24, 2.45) is 0 Å². The predicted molar refractivity (Wildman–Crippen MR) is 80.0 cm³/mol. The molecule has 3 nitrogen and oxygen atoms in total. The third-order valence-corrected chi connectivity index (χ3v) is 3.84. The molecule has 2 heterocycles. The van der Waals surface area contributed by atoms with Crippen molar-refractivity contribution < 1.29 is 4.79 Å². The molecule has 0 atom stereocenters. The SMILES string of the molecule is Cc1cccnc1CN1CCCC(=O)c2ccccc21. The molecule has 0 saturated carbocycles. The summed E-state index contributed by atoms with van der Waals surface area (Å²) in [5, 5.41) is 0. The minimum atomic E-state index is 0.251. The van der Waals surface area contributed by atoms with Gasteiger partial charge in [-0.3, -0.25) is 9.78 Å². The number of carbonyl (C=O) groups excluding carboxylic acids is 1. The van der Waals surface area contributed by atoms with Crippen LogP contribution >= 0.6 is 0 Å². The molecule has 1 aliphatic heterocycles. The van der Waals surface area contributed by atoms with Crippen LogP contribution in [0.25, 0.3) is 0 Å². The highest BCUT2D eigenvalue weighted by atomic mass is 16.1. The molecule has 0 radical (unpaired) electrons. The first-order valence-electron chi connectivity index (χ1n) is 7.03. The molecule has 3 rings (SSSR count). The lowest BCUT2D eigenvalue weighted by Gasteiger charge is -2.24. The summed E-state index contributed by atoms with van der Waals surface area (Å²) in [6.07, 6.45) is 3.37. The van der Waals surface area contributed by atoms with Crippen LogP contribution in [0.1, 0.15) is 34.5 Å². The van der Waals surface area contributed by atoms with Crippen molar-refractivity contribution in [2.45, 2.75) is 26.3 Å². The number of fused-ring (bicyclic) bond motifs is 1. The summed E-state index contributed by atoms with van der Waals surface area (Å²) < 4.78 is 0. The maximum Gasteiger partial charge on any atom is 0.165 e. The van der Waals surface area contributed by atoms with Crippen molar-refractivity contribution in [1.29, 1.82) is 0 Å². The Kier molecular flexibility index (Phi) is 3.50. The van der Waals surface area contributed by atoms with E-state index in [9.17, 15) is 4.79 Å². The standard InChI is InChI=1S/C17H18N2O/c1-13-6-4-10-18-15(13)12-19-11-5-9-17(20)14-7-2-3-8-16(14)19/h2-4,6-8,10H,5,9,11-12H2,1H3. The minimum absolute atomic E-state index is 0.251. The third kappa shape index (κ3) is 2.44. The zero-order valence-corrected chi connectivity index (χ0v) is 11.7. The zero-order valence-electron chi connectivity index (χ0n) is 11.7. The fraction of sp³-hybridized carbons (Fsp3) is 0.294. The van der Waals surface area contributed by atoms with E-state index in [2.05, 4.69) is 22.9 Å². The molecule has 20 heavy (non-hydrogen) atoms. The van der Waals surface area contributed by atoms with Crippen LogP contribution in [0.15, 0.2) is 42.6 Å². The Morgan fingerprint density at radius 3 is 2.90 bits per heavy atom. The molecule has 0 unspecified atom stereocenters. The Hall–Kier alpha value is -2.16. The van der Waals surface area contributed by atoms with Crippen LogP contribution in [0.5, 0.6) is 0 Å². The van der Waals surface area contributed by atoms with E-state index in [-0.39, 0.29) is 5.78 Å². The Morgan fingerprint density at radius 1 is 1.20 bits per heavy atom. The lowest BCUT2D eigenvalue weighted by molar-refractivity contribution is 0.0984. The summed E-state index contributed by atoms with van der Waals surface area (Å²) in [6, 6.07) is 11.9. The number of nitrogens with zero attached hydrogens (tertiary/aromatic N) is 2. The molecule has 0 saturated heterocycles. The summed E-state index contributed by atoms with van der Waals surface area (Å²) in [5.41, 5.74) is 4.16. The van der Waals surface area contributed by atoms with E-state index in [0.29, 0.717) is 6.42 Å². The van der Waals surface area contributed by atoms with Crippen molar-refractivity contribution in [3.8, 4) is 0 Å². The molecule has 1 aromatic heterocycles. The third-order valence-electron chi connectivity index (χ3n) is 3.84. The fourth-order valence-corrected chi connectivity index (χ4v) is 2.70. The van der Waals surface area contributed by atoms with E-state index in [4.69, 9.17) is 0 Å². The predicted octanol–water partition coefficient (Wildman–Crippen LogP) is 3.37. The maximum atomic E-state index is 12.1. The summed E-state index contributed by atoms with van der Waals surface area (Å²) in [5.74, 6) is 0.251. The van der Waals surface area contributed by atoms with E-state index in [1.54, 1.807) is 0 Å². The lowest BCUT2D eigenvalue weighted by atomic mass is 10.1. The van der Waals surface area contributed by atoms with Gasteiger partial charge in [0.1, 0.15) is 0 Å². The maximum absolute atomic E-state index is 12.1. The number of aromatic nitrogens is 1. The largest absolute Gasteiger partial charge is 0.365 e. The van der Waals surface area contributed by atoms with Gasteiger partial charge in [0.2, 0.25) is 0 Å². The first-order valence-corrected chi connectivity index (χ1v) is 7.03. The number of carbonyl (C=O) groups is 1. The lowest BCUT2D eigenvalue weighted by Crippen LogP contribution is -2.24. The molecule has 0 aliphatic carbocycles. The molecule has 0 bridgehead atoms. The average Bonchev–Trinajstić information content (AvgIpc) is 2.62. The molecule has 0 fully saturated rings. The van der Waals surface area contributed by atoms with Crippen molar-refractivity contribution in [2.75, 3.05) is 11.4 Å². The smallest absolute Gasteiger partial charge is 0.165 e. The first kappa shape index (κ1) is 12.9. The van der Waals surface area contributed by atoms with Gasteiger partial charge in [0.05, 0.1) is 12.2 Å². The van der Waals surface area contributed by atoms with Crippen LogP contribution in [0.4, 0.5) is 5.69 Å². The second-order valence-corrected chi connectivity index (χ2v) is 5.23. The van der Waals surface area contributed by atoms with Gasteiger partial charge in [-0.25, -0.2) is 0 Å². The average molecular weight is 266 g/mol. The Bertz CT molecular complexity index is 636. The minimum Gasteiger partial charge on any atom is -0.365 e. The monoisotopic (exact) mass is 266 g/mol. The van der Waals surface area contributed by atoms with Gasteiger partial charge < -0.3 is 4.90 Å². The summed E-state index contributed by atoms with van der Waals surface area (Å²) in [6.45, 7) is 3.74. The van der Waals surface area contributed by atoms with E-state index in [0.717, 1.165) is 36.5 Å². The zero-order chi connectivity index (χ0) is 13.9. The van der Waals surface area contributed by atoms with Gasteiger partial charge >= 0.3 is 0 Å². The van der Waals surface area contributed by atoms with Gasteiger partial charge in [-0.1, -0.05) is 18.2 Å². The topological polar surface area (TPSA) is 33.2 Å². The number of benzene rings is 1. The van der Waals surface area contributed by atoms with E-state index in [1.165, 1.54) is 5.56 Å². The number of pyridine rings is 1. The Labute approximate surface area is 119 Å². The second-order valence-electron chi connectivity index (χ2n) is 5.23. The van der Waals surface area contributed by atoms with Gasteiger partial charge in [-0.15, -0.1) is 0 Å². The van der Waals surface area contributed by atoms with Crippen molar-refractivity contribution >= 4 is 11.5 Å². The quantitative estimate of drug-likeness (QED) is 0.835. The highest BCUT2D eigenvalue weighted by Crippen LogP contribution is 2.27. The molecule has 1 aromatic carbocycles. The van der Waals surface area contributed by atoms with Crippen LogP contribution in [0.2, 0.25) is 0 Å². The van der Waals surface area contributed by atoms with Gasteiger partial charge in [0.15, 0.2) is 5.78 Å². The van der Waals surface area contributed by atoms with Crippen LogP contribution in [-0.4, -0.2) is 17.3 Å². The van der Waals surface area contributed by atoms with Gasteiger partial charge in [-0.05, 0) is 37.1 Å². The number of aryl methyl sites for hydroxylation is 1. The molecule has 0 N–H and O–H groups in total. The Morgan fingerprint density at radius 2 is 2.05 bits per heavy atom. The number of anilines is 1. The normalized spacial score (nSPS) is 14.8. The molecule has 1 aliphatic rings. The molecule has 0 amide bonds. The van der Waals surface area contributed by atoms with Gasteiger partial charge in [0, 0.05) is 30.4 Å². The van der Waals surface area contributed by atoms with Crippen LogP contribution < -0.4 is 4.90 Å². The van der Waals surface area contributed by atoms with Crippen LogP contribution in [-0.2, 0) is 6.54 Å². The van der Waals surface area contributed by atoms with Crippen molar-refractivity contribution in [1.82, 2.24) is 4.98 Å². The summed E-state index contributed by atoms with van der Waals surface area (Å²) in [7, 11) is 0. The van der Waals surface area contributed by atoms with Crippen molar-refractivity contribution in [3.05, 3.63) is 59.4 Å². The fourth-order valence-electron chi connectivity index (χ4n) is 2.70. The number of Topliss-reactive ketones (excluding diaryl/α,β-unsaturated/α-hetero) is 1. The molecule has 102 valence electrons. The molecule has 2 aromatic rings. The molecule has 0 spiro atoms. The molecular formula is C17H18N2O. The van der Waals surface area contributed by atoms with E-state index in [1.807, 2.05) is 36.5 Å². The second kappa shape index (κ2) is 5.45. The number of hydrogen-bond donors (Lipinski definition) is 0. The van der Waals surface area contributed by atoms with E-state index >= 15 is 0 Å². The molecular weight excluding hydrogens is 248 g/mol. The van der Waals surface area contributed by atoms with Crippen LogP contribution in [0.3, 0.4) is 0 Å². The number of rotatable bonds is 2. The summed E-state index contributed by atoms with van der Waals surface area (Å²) >= 11 is 0. The van der Waals surface area contributed by atoms with E-state index < -0.39 is 0 Å². The Balaban J connectivity index is 1.96. The highest BCUT2D eigenvalue weighted by Gasteiger charge is 2.20. The van der Waals surface area contributed by atoms with Crippen molar-refractivity contribution in [3.63, 3.8) is 0 Å². The molecule has 3 heteroatoms. The van der Waals surface area contributed by atoms with Crippen LogP contribution in [0, 0.1) is 6.92 Å². The number of ketones is 1.